The fraction of sp³-hybridized carbons (Fsp3) is 0.632. The highest BCUT2D eigenvalue weighted by Gasteiger charge is 2.61. The van der Waals surface area contributed by atoms with E-state index in [4.69, 9.17) is 4.74 Å². The molecule has 0 spiro atoms. The maximum atomic E-state index is 12.8. The van der Waals surface area contributed by atoms with Gasteiger partial charge < -0.3 is 14.8 Å². The zero-order valence-electron chi connectivity index (χ0n) is 16.7. The van der Waals surface area contributed by atoms with Gasteiger partial charge in [-0.1, -0.05) is 12.1 Å². The molecule has 1 fully saturated rings. The van der Waals surface area contributed by atoms with Crippen LogP contribution in [-0.4, -0.2) is 62.1 Å². The highest BCUT2D eigenvalue weighted by Crippen LogP contribution is 2.38. The Balaban J connectivity index is 2.21. The van der Waals surface area contributed by atoms with E-state index in [0.29, 0.717) is 25.3 Å². The van der Waals surface area contributed by atoms with E-state index in [-0.39, 0.29) is 6.54 Å². The molecule has 0 radical (unpaired) electrons. The third kappa shape index (κ3) is 5.57. The molecule has 2 unspecified atom stereocenters. The third-order valence-corrected chi connectivity index (χ3v) is 5.47. The standard InChI is InChI=1S/C19H24F6N2O3/c1-17(27(2)11-12-4-6-13(29-3)7-5-12)8-9-26-10-14(17)15(28)30-16(18(20,21)22)19(23,24)25/h4-7,14,16,26H,8-11H2,1-3H3. The lowest BCUT2D eigenvalue weighted by molar-refractivity contribution is -0.315. The van der Waals surface area contributed by atoms with Gasteiger partial charge in [0.25, 0.3) is 6.10 Å². The molecule has 1 aromatic carbocycles. The van der Waals surface area contributed by atoms with Crippen molar-refractivity contribution < 1.29 is 40.6 Å². The maximum Gasteiger partial charge on any atom is 0.434 e. The van der Waals surface area contributed by atoms with E-state index in [0.717, 1.165) is 5.56 Å². The molecule has 1 aromatic rings. The summed E-state index contributed by atoms with van der Waals surface area (Å²) in [5.74, 6) is -2.12. The van der Waals surface area contributed by atoms with Gasteiger partial charge in [-0.25, -0.2) is 0 Å². The molecule has 30 heavy (non-hydrogen) atoms. The number of ether oxygens (including phenoxy) is 2. The van der Waals surface area contributed by atoms with Crippen molar-refractivity contribution >= 4 is 5.97 Å². The van der Waals surface area contributed by atoms with Crippen LogP contribution in [0.4, 0.5) is 26.3 Å². The van der Waals surface area contributed by atoms with Gasteiger partial charge in [-0.3, -0.25) is 9.69 Å². The molecule has 0 bridgehead atoms. The number of carbonyl (C=O) groups excluding carboxylic acids is 1. The Bertz CT molecular complexity index is 708. The molecule has 11 heteroatoms. The van der Waals surface area contributed by atoms with Gasteiger partial charge in [-0.2, -0.15) is 26.3 Å². The molecule has 1 aliphatic rings. The Morgan fingerprint density at radius 3 is 2.27 bits per heavy atom. The van der Waals surface area contributed by atoms with Crippen molar-refractivity contribution in [3.63, 3.8) is 0 Å². The lowest BCUT2D eigenvalue weighted by Gasteiger charge is -2.47. The molecule has 1 saturated heterocycles. The summed E-state index contributed by atoms with van der Waals surface area (Å²) in [5.41, 5.74) is -0.169. The van der Waals surface area contributed by atoms with Gasteiger partial charge in [0.05, 0.1) is 13.0 Å². The van der Waals surface area contributed by atoms with E-state index in [1.165, 1.54) is 7.11 Å². The summed E-state index contributed by atoms with van der Waals surface area (Å²) >= 11 is 0. The normalized spacial score (nSPS) is 23.0. The summed E-state index contributed by atoms with van der Waals surface area (Å²) in [6.45, 7) is 2.33. The molecule has 5 nitrogen and oxygen atoms in total. The number of nitrogens with one attached hydrogen (secondary N) is 1. The molecule has 0 aromatic heterocycles. The van der Waals surface area contributed by atoms with Crippen LogP contribution in [0.15, 0.2) is 24.3 Å². The van der Waals surface area contributed by atoms with Crippen LogP contribution in [0.3, 0.4) is 0 Å². The van der Waals surface area contributed by atoms with Crippen LogP contribution in [0.1, 0.15) is 18.9 Å². The SMILES string of the molecule is COc1ccc(CN(C)C2(C)CCNCC2C(=O)OC(C(F)(F)F)C(F)(F)F)cc1. The summed E-state index contributed by atoms with van der Waals surface area (Å²) < 4.78 is 85.9. The summed E-state index contributed by atoms with van der Waals surface area (Å²) in [4.78, 5) is 14.2. The molecule has 2 rings (SSSR count). The van der Waals surface area contributed by atoms with Crippen molar-refractivity contribution in [2.75, 3.05) is 27.2 Å². The predicted molar refractivity (Wildman–Crippen MR) is 95.8 cm³/mol. The zero-order chi connectivity index (χ0) is 22.7. The Kier molecular flexibility index (Phi) is 7.28. The number of nitrogens with zero attached hydrogens (tertiary/aromatic N) is 1. The average Bonchev–Trinajstić information content (AvgIpc) is 2.65. The van der Waals surface area contributed by atoms with Crippen LogP contribution in [0, 0.1) is 5.92 Å². The number of alkyl halides is 6. The first-order chi connectivity index (χ1) is 13.8. The first-order valence-corrected chi connectivity index (χ1v) is 9.18. The fourth-order valence-corrected chi connectivity index (χ4v) is 3.48. The van der Waals surface area contributed by atoms with Crippen molar-refractivity contribution in [3.05, 3.63) is 29.8 Å². The van der Waals surface area contributed by atoms with Gasteiger partial charge in [0.2, 0.25) is 0 Å². The van der Waals surface area contributed by atoms with Crippen molar-refractivity contribution in [1.82, 2.24) is 10.2 Å². The first kappa shape index (κ1) is 24.3. The number of methoxy groups -OCH3 is 1. The fourth-order valence-electron chi connectivity index (χ4n) is 3.48. The molecule has 0 aliphatic carbocycles. The number of hydrogen-bond donors (Lipinski definition) is 1. The molecule has 1 aliphatic heterocycles. The number of esters is 1. The molecule has 0 saturated carbocycles. The molecule has 1 heterocycles. The second-order valence-corrected chi connectivity index (χ2v) is 7.47. The van der Waals surface area contributed by atoms with E-state index in [9.17, 15) is 31.1 Å². The van der Waals surface area contributed by atoms with E-state index in [2.05, 4.69) is 10.1 Å². The number of piperidine rings is 1. The monoisotopic (exact) mass is 442 g/mol. The van der Waals surface area contributed by atoms with Gasteiger partial charge >= 0.3 is 18.3 Å². The Hall–Kier alpha value is -2.01. The van der Waals surface area contributed by atoms with Crippen molar-refractivity contribution in [3.8, 4) is 5.75 Å². The molecule has 1 N–H and O–H groups in total. The molecule has 2 atom stereocenters. The second-order valence-electron chi connectivity index (χ2n) is 7.47. The predicted octanol–water partition coefficient (Wildman–Crippen LogP) is 3.53. The first-order valence-electron chi connectivity index (χ1n) is 9.18. The quantitative estimate of drug-likeness (QED) is 0.540. The van der Waals surface area contributed by atoms with Crippen molar-refractivity contribution in [1.29, 1.82) is 0 Å². The summed E-state index contributed by atoms with van der Waals surface area (Å²) in [6, 6.07) is 7.04. The van der Waals surface area contributed by atoms with E-state index in [1.54, 1.807) is 43.1 Å². The van der Waals surface area contributed by atoms with Crippen LogP contribution >= 0.6 is 0 Å². The molecular formula is C19H24F6N2O3. The van der Waals surface area contributed by atoms with Gasteiger partial charge in [0, 0.05) is 18.6 Å². The largest absolute Gasteiger partial charge is 0.497 e. The Labute approximate surface area is 170 Å². The minimum atomic E-state index is -5.75. The number of halogens is 6. The molecule has 170 valence electrons. The molecule has 0 amide bonds. The zero-order valence-corrected chi connectivity index (χ0v) is 16.7. The summed E-state index contributed by atoms with van der Waals surface area (Å²) in [7, 11) is 3.18. The third-order valence-electron chi connectivity index (χ3n) is 5.47. The number of benzene rings is 1. The van der Waals surface area contributed by atoms with Crippen LogP contribution in [-0.2, 0) is 16.1 Å². The van der Waals surface area contributed by atoms with E-state index >= 15 is 0 Å². The highest BCUT2D eigenvalue weighted by atomic mass is 19.4. The van der Waals surface area contributed by atoms with E-state index in [1.807, 2.05) is 0 Å². The van der Waals surface area contributed by atoms with Crippen molar-refractivity contribution in [2.24, 2.45) is 5.92 Å². The second kappa shape index (κ2) is 9.01. The van der Waals surface area contributed by atoms with Crippen LogP contribution in [0.25, 0.3) is 0 Å². The minimum Gasteiger partial charge on any atom is -0.497 e. The number of rotatable bonds is 6. The minimum absolute atomic E-state index is 0.0925. The van der Waals surface area contributed by atoms with E-state index < -0.39 is 35.9 Å². The van der Waals surface area contributed by atoms with Gasteiger partial charge in [0.1, 0.15) is 5.75 Å². The lowest BCUT2D eigenvalue weighted by atomic mass is 9.78. The van der Waals surface area contributed by atoms with Gasteiger partial charge in [-0.15, -0.1) is 0 Å². The highest BCUT2D eigenvalue weighted by molar-refractivity contribution is 5.75. The topological polar surface area (TPSA) is 50.8 Å². The molecular weight excluding hydrogens is 418 g/mol. The van der Waals surface area contributed by atoms with Gasteiger partial charge in [-0.05, 0) is 44.6 Å². The van der Waals surface area contributed by atoms with Crippen LogP contribution in [0.2, 0.25) is 0 Å². The van der Waals surface area contributed by atoms with Crippen LogP contribution in [0.5, 0.6) is 5.75 Å². The lowest BCUT2D eigenvalue weighted by Crippen LogP contribution is -2.61. The number of hydrogen-bond acceptors (Lipinski definition) is 5. The smallest absolute Gasteiger partial charge is 0.434 e. The summed E-state index contributed by atoms with van der Waals surface area (Å²) in [5, 5.41) is 2.85. The Morgan fingerprint density at radius 1 is 1.20 bits per heavy atom. The average molecular weight is 442 g/mol. The van der Waals surface area contributed by atoms with Gasteiger partial charge in [0.15, 0.2) is 0 Å². The summed E-state index contributed by atoms with van der Waals surface area (Å²) in [6.07, 6.45) is -15.3. The van der Waals surface area contributed by atoms with Crippen molar-refractivity contribution in [2.45, 2.75) is 43.9 Å². The maximum absolute atomic E-state index is 12.8. The Morgan fingerprint density at radius 2 is 1.77 bits per heavy atom. The number of carbonyl (C=O) groups is 1. The van der Waals surface area contributed by atoms with Crippen LogP contribution < -0.4 is 10.1 Å².